The number of benzene rings is 2. The summed E-state index contributed by atoms with van der Waals surface area (Å²) in [6.45, 7) is 0.551. The van der Waals surface area contributed by atoms with Crippen molar-refractivity contribution in [3.63, 3.8) is 0 Å². The Balaban J connectivity index is 1.27. The lowest BCUT2D eigenvalue weighted by molar-refractivity contribution is -0.131. The Morgan fingerprint density at radius 1 is 1.06 bits per heavy atom. The van der Waals surface area contributed by atoms with Gasteiger partial charge in [0.1, 0.15) is 17.1 Å². The normalized spacial score (nSPS) is 18.4. The number of nitriles is 1. The first-order chi connectivity index (χ1) is 17.6. The van der Waals surface area contributed by atoms with E-state index in [9.17, 15) is 10.1 Å². The lowest BCUT2D eigenvalue weighted by Crippen LogP contribution is -2.41. The SMILES string of the molecule is COc1ccnc(-c2ccc(C#N)c(-c3ccc(CN4C(=O)C5(CCCC5)N=C4C4CC4)cc3)c2)c1. The summed E-state index contributed by atoms with van der Waals surface area (Å²) in [5.74, 6) is 2.38. The largest absolute Gasteiger partial charge is 0.497 e. The number of amides is 1. The maximum absolute atomic E-state index is 13.4. The first kappa shape index (κ1) is 22.5. The average molecular weight is 477 g/mol. The number of pyridine rings is 1. The van der Waals surface area contributed by atoms with Gasteiger partial charge in [-0.15, -0.1) is 0 Å². The molecule has 1 spiro atoms. The van der Waals surface area contributed by atoms with E-state index in [4.69, 9.17) is 9.73 Å². The van der Waals surface area contributed by atoms with Gasteiger partial charge in [-0.05, 0) is 55.0 Å². The van der Waals surface area contributed by atoms with Gasteiger partial charge in [-0.25, -0.2) is 0 Å². The van der Waals surface area contributed by atoms with Crippen molar-refractivity contribution >= 4 is 11.7 Å². The van der Waals surface area contributed by atoms with Crippen molar-refractivity contribution < 1.29 is 9.53 Å². The zero-order chi connectivity index (χ0) is 24.7. The molecule has 3 aliphatic rings. The van der Waals surface area contributed by atoms with Gasteiger partial charge in [0.2, 0.25) is 0 Å². The molecule has 6 nitrogen and oxygen atoms in total. The quantitative estimate of drug-likeness (QED) is 0.453. The molecule has 0 radical (unpaired) electrons. The molecule has 2 aliphatic carbocycles. The van der Waals surface area contributed by atoms with E-state index in [1.165, 1.54) is 0 Å². The molecular formula is C30H28N4O2. The summed E-state index contributed by atoms with van der Waals surface area (Å²) in [6.07, 6.45) is 7.91. The number of ether oxygens (including phenoxy) is 1. The minimum atomic E-state index is -0.492. The number of amidine groups is 1. The van der Waals surface area contributed by atoms with Crippen LogP contribution < -0.4 is 4.74 Å². The molecular weight excluding hydrogens is 448 g/mol. The first-order valence-corrected chi connectivity index (χ1v) is 12.7. The van der Waals surface area contributed by atoms with Gasteiger partial charge in [-0.2, -0.15) is 5.26 Å². The topological polar surface area (TPSA) is 78.6 Å². The van der Waals surface area contributed by atoms with E-state index in [-0.39, 0.29) is 5.91 Å². The first-order valence-electron chi connectivity index (χ1n) is 12.7. The van der Waals surface area contributed by atoms with Crippen molar-refractivity contribution in [2.24, 2.45) is 10.9 Å². The van der Waals surface area contributed by atoms with Crippen LogP contribution in [0, 0.1) is 17.2 Å². The van der Waals surface area contributed by atoms with Crippen molar-refractivity contribution in [3.8, 4) is 34.2 Å². The van der Waals surface area contributed by atoms with Crippen LogP contribution in [-0.4, -0.2) is 34.3 Å². The van der Waals surface area contributed by atoms with Gasteiger partial charge in [0.25, 0.3) is 5.91 Å². The Morgan fingerprint density at radius 3 is 2.50 bits per heavy atom. The van der Waals surface area contributed by atoms with Gasteiger partial charge in [0, 0.05) is 29.3 Å². The van der Waals surface area contributed by atoms with Crippen molar-refractivity contribution in [2.45, 2.75) is 50.6 Å². The van der Waals surface area contributed by atoms with Crippen LogP contribution in [0.15, 0.2) is 65.8 Å². The standard InChI is InChI=1S/C30H28N4O2/c1-36-25-12-15-32-27(17-25)23-10-11-24(18-31)26(16-23)21-6-4-20(5-7-21)19-34-28(22-8-9-22)33-30(29(34)35)13-2-3-14-30/h4-7,10-12,15-17,22H,2-3,8-9,13-14,19H2,1H3. The minimum absolute atomic E-state index is 0.191. The number of carbonyl (C=O) groups is 1. The smallest absolute Gasteiger partial charge is 0.256 e. The lowest BCUT2D eigenvalue weighted by atomic mass is 9.95. The molecule has 0 N–H and O–H groups in total. The van der Waals surface area contributed by atoms with E-state index in [2.05, 4.69) is 23.2 Å². The summed E-state index contributed by atoms with van der Waals surface area (Å²) in [7, 11) is 1.63. The van der Waals surface area contributed by atoms with Gasteiger partial charge >= 0.3 is 0 Å². The van der Waals surface area contributed by atoms with E-state index < -0.39 is 5.54 Å². The highest BCUT2D eigenvalue weighted by Crippen LogP contribution is 2.44. The van der Waals surface area contributed by atoms with E-state index in [0.717, 1.165) is 78.1 Å². The number of hydrogen-bond acceptors (Lipinski definition) is 5. The van der Waals surface area contributed by atoms with Crippen LogP contribution >= 0.6 is 0 Å². The minimum Gasteiger partial charge on any atom is -0.497 e. The summed E-state index contributed by atoms with van der Waals surface area (Å²) >= 11 is 0. The van der Waals surface area contributed by atoms with Crippen molar-refractivity contribution in [1.29, 1.82) is 5.26 Å². The van der Waals surface area contributed by atoms with Gasteiger partial charge in [-0.1, -0.05) is 43.2 Å². The van der Waals surface area contributed by atoms with E-state index in [0.29, 0.717) is 18.0 Å². The fourth-order valence-electron chi connectivity index (χ4n) is 5.48. The van der Waals surface area contributed by atoms with Gasteiger partial charge < -0.3 is 4.74 Å². The predicted octanol–water partition coefficient (Wildman–Crippen LogP) is 5.76. The summed E-state index contributed by atoms with van der Waals surface area (Å²) in [4.78, 5) is 24.9. The van der Waals surface area contributed by atoms with Gasteiger partial charge in [0.05, 0.1) is 31.0 Å². The second-order valence-corrected chi connectivity index (χ2v) is 10.0. The molecule has 2 aromatic carbocycles. The molecule has 1 amide bonds. The second-order valence-electron chi connectivity index (χ2n) is 10.0. The van der Waals surface area contributed by atoms with E-state index in [1.54, 1.807) is 13.3 Å². The summed E-state index contributed by atoms with van der Waals surface area (Å²) in [5, 5.41) is 9.74. The van der Waals surface area contributed by atoms with E-state index >= 15 is 0 Å². The highest BCUT2D eigenvalue weighted by molar-refractivity contribution is 6.09. The number of methoxy groups -OCH3 is 1. The Bertz CT molecular complexity index is 1390. The maximum atomic E-state index is 13.4. The highest BCUT2D eigenvalue weighted by Gasteiger charge is 2.52. The van der Waals surface area contributed by atoms with Crippen LogP contribution in [0.1, 0.15) is 49.7 Å². The summed E-state index contributed by atoms with van der Waals surface area (Å²) in [6, 6.07) is 20.0. The Hall–Kier alpha value is -3.98. The molecule has 0 bridgehead atoms. The van der Waals surface area contributed by atoms with E-state index in [1.807, 2.05) is 47.4 Å². The monoisotopic (exact) mass is 476 g/mol. The lowest BCUT2D eigenvalue weighted by Gasteiger charge is -2.22. The number of rotatable bonds is 6. The molecule has 0 unspecified atom stereocenters. The van der Waals surface area contributed by atoms with Crippen LogP contribution in [0.3, 0.4) is 0 Å². The molecule has 6 heteroatoms. The fourth-order valence-corrected chi connectivity index (χ4v) is 5.48. The van der Waals surface area contributed by atoms with Crippen LogP contribution in [0.5, 0.6) is 5.75 Å². The average Bonchev–Trinajstić information content (AvgIpc) is 3.61. The number of aromatic nitrogens is 1. The van der Waals surface area contributed by atoms with Crippen LogP contribution in [0.25, 0.3) is 22.4 Å². The third-order valence-electron chi connectivity index (χ3n) is 7.63. The molecule has 2 fully saturated rings. The zero-order valence-electron chi connectivity index (χ0n) is 20.4. The van der Waals surface area contributed by atoms with Crippen molar-refractivity contribution in [3.05, 3.63) is 71.9 Å². The second kappa shape index (κ2) is 8.91. The molecule has 3 aromatic rings. The van der Waals surface area contributed by atoms with Crippen LogP contribution in [0.4, 0.5) is 0 Å². The summed E-state index contributed by atoms with van der Waals surface area (Å²) in [5.41, 5.74) is 4.70. The number of aliphatic imine (C=N–C) groups is 1. The number of hydrogen-bond donors (Lipinski definition) is 0. The van der Waals surface area contributed by atoms with Crippen molar-refractivity contribution in [2.75, 3.05) is 7.11 Å². The Labute approximate surface area is 211 Å². The molecule has 2 saturated carbocycles. The number of carbonyl (C=O) groups excluding carboxylic acids is 1. The fraction of sp³-hybridized carbons (Fsp3) is 0.333. The highest BCUT2D eigenvalue weighted by atomic mass is 16.5. The molecule has 1 aliphatic heterocycles. The Kier molecular flexibility index (Phi) is 5.56. The molecule has 0 atom stereocenters. The maximum Gasteiger partial charge on any atom is 0.256 e. The molecule has 1 aromatic heterocycles. The summed E-state index contributed by atoms with van der Waals surface area (Å²) < 4.78 is 5.34. The third-order valence-corrected chi connectivity index (χ3v) is 7.63. The van der Waals surface area contributed by atoms with Crippen LogP contribution in [-0.2, 0) is 11.3 Å². The predicted molar refractivity (Wildman–Crippen MR) is 138 cm³/mol. The molecule has 6 rings (SSSR count). The van der Waals surface area contributed by atoms with Gasteiger partial charge in [-0.3, -0.25) is 19.7 Å². The van der Waals surface area contributed by atoms with Gasteiger partial charge in [0.15, 0.2) is 0 Å². The Morgan fingerprint density at radius 2 is 1.81 bits per heavy atom. The molecule has 0 saturated heterocycles. The molecule has 36 heavy (non-hydrogen) atoms. The molecule has 180 valence electrons. The van der Waals surface area contributed by atoms with Crippen LogP contribution in [0.2, 0.25) is 0 Å². The van der Waals surface area contributed by atoms with Crippen molar-refractivity contribution in [1.82, 2.24) is 9.88 Å². The zero-order valence-corrected chi connectivity index (χ0v) is 20.4. The molecule has 2 heterocycles. The third kappa shape index (κ3) is 3.95. The number of nitrogens with zero attached hydrogens (tertiary/aromatic N) is 4.